The fourth-order valence-electron chi connectivity index (χ4n) is 3.71. The van der Waals surface area contributed by atoms with Gasteiger partial charge >= 0.3 is 0 Å². The van der Waals surface area contributed by atoms with Crippen LogP contribution in [0.3, 0.4) is 0 Å². The summed E-state index contributed by atoms with van der Waals surface area (Å²) in [5.74, 6) is 0. The third-order valence-corrected chi connectivity index (χ3v) is 9.25. The van der Waals surface area contributed by atoms with Crippen LogP contribution in [0.1, 0.15) is 13.3 Å². The average Bonchev–Trinajstić information content (AvgIpc) is 3.12. The van der Waals surface area contributed by atoms with E-state index < -0.39 is 20.0 Å². The smallest absolute Gasteiger partial charge is 0.240 e. The second-order valence-corrected chi connectivity index (χ2v) is 14.2. The summed E-state index contributed by atoms with van der Waals surface area (Å²) in [5, 5.41) is 0. The molecule has 0 heterocycles. The maximum absolute atomic E-state index is 12.0. The van der Waals surface area contributed by atoms with E-state index in [1.807, 2.05) is 0 Å². The fourth-order valence-corrected chi connectivity index (χ4v) is 5.73. The molecular formula is C33H59N5O12S2. The normalized spacial score (nSPS) is 11.7. The van der Waals surface area contributed by atoms with Crippen molar-refractivity contribution in [3.8, 4) is 0 Å². The monoisotopic (exact) mass is 781 g/mol. The van der Waals surface area contributed by atoms with E-state index in [0.717, 1.165) is 13.0 Å². The van der Waals surface area contributed by atoms with Crippen LogP contribution in [0.25, 0.3) is 0 Å². The summed E-state index contributed by atoms with van der Waals surface area (Å²) in [4.78, 5) is 0.346. The molecule has 0 aliphatic rings. The van der Waals surface area contributed by atoms with Crippen LogP contribution in [0.5, 0.6) is 0 Å². The van der Waals surface area contributed by atoms with Gasteiger partial charge in [-0.25, -0.2) is 26.3 Å². The third kappa shape index (κ3) is 25.5. The molecule has 0 spiro atoms. The largest absolute Gasteiger partial charge is 0.399 e. The molecular weight excluding hydrogens is 723 g/mol. The third-order valence-electron chi connectivity index (χ3n) is 6.30. The van der Waals surface area contributed by atoms with Crippen molar-refractivity contribution in [1.82, 2.24) is 9.44 Å². The van der Waals surface area contributed by atoms with Crippen molar-refractivity contribution in [2.45, 2.75) is 23.1 Å². The van der Waals surface area contributed by atoms with Crippen molar-refractivity contribution in [2.24, 2.45) is 5.73 Å². The Morgan fingerprint density at radius 1 is 0.442 bits per heavy atom. The second-order valence-electron chi connectivity index (χ2n) is 10.6. The zero-order chi connectivity index (χ0) is 38.2. The highest BCUT2D eigenvalue weighted by Crippen LogP contribution is 2.12. The Labute approximate surface area is 309 Å². The number of nitrogens with one attached hydrogen (secondary N) is 2. The van der Waals surface area contributed by atoms with Gasteiger partial charge in [0.1, 0.15) is 0 Å². The molecule has 2 aromatic carbocycles. The van der Waals surface area contributed by atoms with Crippen LogP contribution in [-0.2, 0) is 57.9 Å². The van der Waals surface area contributed by atoms with Crippen LogP contribution in [-0.4, -0.2) is 142 Å². The first-order valence-corrected chi connectivity index (χ1v) is 20.1. The lowest BCUT2D eigenvalue weighted by Crippen LogP contribution is -2.27. The van der Waals surface area contributed by atoms with Crippen LogP contribution in [0.15, 0.2) is 58.3 Å². The molecule has 2 aromatic rings. The van der Waals surface area contributed by atoms with Gasteiger partial charge < -0.3 is 55.1 Å². The van der Waals surface area contributed by atoms with E-state index in [4.69, 9.17) is 55.1 Å². The molecule has 0 saturated carbocycles. The van der Waals surface area contributed by atoms with Gasteiger partial charge in [0.25, 0.3) is 0 Å². The average molecular weight is 782 g/mol. The van der Waals surface area contributed by atoms with Crippen LogP contribution >= 0.6 is 0 Å². The van der Waals surface area contributed by atoms with Crippen LogP contribution in [0, 0.1) is 0 Å². The van der Waals surface area contributed by atoms with Crippen LogP contribution in [0.2, 0.25) is 0 Å². The van der Waals surface area contributed by atoms with Gasteiger partial charge in [0.15, 0.2) is 0 Å². The molecule has 0 radical (unpaired) electrons. The summed E-state index contributed by atoms with van der Waals surface area (Å²) in [5.41, 5.74) is 17.4. The van der Waals surface area contributed by atoms with E-state index in [9.17, 15) is 16.8 Å². The molecule has 0 saturated heterocycles. The molecule has 0 aromatic heterocycles. The minimum Gasteiger partial charge on any atom is -0.399 e. The molecule has 17 nitrogen and oxygen atoms in total. The molecule has 19 heteroatoms. The van der Waals surface area contributed by atoms with E-state index in [1.165, 1.54) is 24.3 Å². The van der Waals surface area contributed by atoms with E-state index in [-0.39, 0.29) is 36.1 Å². The Hall–Kier alpha value is -2.50. The first-order valence-electron chi connectivity index (χ1n) is 17.1. The molecule has 0 atom stereocenters. The Morgan fingerprint density at radius 3 is 1.00 bits per heavy atom. The number of sulfonamides is 2. The number of hydrogen-bond donors (Lipinski definition) is 5. The van der Waals surface area contributed by atoms with E-state index in [0.29, 0.717) is 104 Å². The van der Waals surface area contributed by atoms with Gasteiger partial charge in [0.05, 0.1) is 109 Å². The van der Waals surface area contributed by atoms with E-state index in [2.05, 4.69) is 16.4 Å². The number of rotatable bonds is 32. The molecule has 0 aliphatic heterocycles. The molecule has 0 bridgehead atoms. The van der Waals surface area contributed by atoms with Gasteiger partial charge in [-0.1, -0.05) is 6.92 Å². The topological polar surface area (TPSA) is 244 Å². The Morgan fingerprint density at radius 2 is 0.712 bits per heavy atom. The molecule has 0 unspecified atom stereocenters. The minimum atomic E-state index is -3.54. The summed E-state index contributed by atoms with van der Waals surface area (Å²) in [6.07, 6.45) is 1.01. The predicted molar refractivity (Wildman–Crippen MR) is 198 cm³/mol. The zero-order valence-corrected chi connectivity index (χ0v) is 31.8. The maximum Gasteiger partial charge on any atom is 0.240 e. The molecule has 0 amide bonds. The Kier molecular flexibility index (Phi) is 28.2. The molecule has 52 heavy (non-hydrogen) atoms. The van der Waals surface area contributed by atoms with Gasteiger partial charge in [-0.05, 0) is 55.0 Å². The van der Waals surface area contributed by atoms with Crippen molar-refractivity contribution in [1.29, 1.82) is 0 Å². The maximum atomic E-state index is 12.0. The lowest BCUT2D eigenvalue weighted by atomic mass is 10.3. The van der Waals surface area contributed by atoms with Crippen LogP contribution < -0.4 is 26.6 Å². The molecule has 0 aliphatic carbocycles. The number of anilines is 2. The number of hydrogen-bond acceptors (Lipinski definition) is 15. The van der Waals surface area contributed by atoms with Crippen molar-refractivity contribution in [2.75, 3.05) is 137 Å². The first-order chi connectivity index (χ1) is 25.1. The van der Waals surface area contributed by atoms with Gasteiger partial charge in [-0.3, -0.25) is 0 Å². The molecule has 300 valence electrons. The van der Waals surface area contributed by atoms with Gasteiger partial charge in [0, 0.05) is 37.6 Å². The second kappa shape index (κ2) is 30.9. The van der Waals surface area contributed by atoms with Crippen LogP contribution in [0.4, 0.5) is 11.4 Å². The highest BCUT2D eigenvalue weighted by Gasteiger charge is 2.13. The SMILES string of the molecule is CCCOCCOCCOCCOCCNS(=O)(=O)c1ccc(N)cc1.NCCOCCOCCOCCOCCNS(=O)(=O)c1ccc(N)cc1. The summed E-state index contributed by atoms with van der Waals surface area (Å²) >= 11 is 0. The molecule has 0 fully saturated rings. The number of benzene rings is 2. The van der Waals surface area contributed by atoms with Gasteiger partial charge in [-0.2, -0.15) is 0 Å². The summed E-state index contributed by atoms with van der Waals surface area (Å²) < 4.78 is 95.3. The first kappa shape index (κ1) is 47.5. The van der Waals surface area contributed by atoms with E-state index >= 15 is 0 Å². The lowest BCUT2D eigenvalue weighted by molar-refractivity contribution is -0.00109. The van der Waals surface area contributed by atoms with Gasteiger partial charge in [0.2, 0.25) is 20.0 Å². The zero-order valence-electron chi connectivity index (χ0n) is 30.2. The number of nitrogens with two attached hydrogens (primary N) is 3. The Balaban J connectivity index is 0.000000520. The Bertz CT molecular complexity index is 1240. The van der Waals surface area contributed by atoms with E-state index in [1.54, 1.807) is 24.3 Å². The quantitative estimate of drug-likeness (QED) is 0.0504. The predicted octanol–water partition coefficient (Wildman–Crippen LogP) is 0.596. The minimum absolute atomic E-state index is 0.170. The number of ether oxygens (including phenoxy) is 8. The highest BCUT2D eigenvalue weighted by atomic mass is 32.2. The fraction of sp³-hybridized carbons (Fsp3) is 0.636. The van der Waals surface area contributed by atoms with Crippen molar-refractivity contribution >= 4 is 31.4 Å². The van der Waals surface area contributed by atoms with Crippen molar-refractivity contribution in [3.05, 3.63) is 48.5 Å². The lowest BCUT2D eigenvalue weighted by Gasteiger charge is -2.09. The van der Waals surface area contributed by atoms with Crippen molar-refractivity contribution < 1.29 is 54.7 Å². The highest BCUT2D eigenvalue weighted by molar-refractivity contribution is 7.89. The summed E-state index contributed by atoms with van der Waals surface area (Å²) in [6.45, 7) is 10.5. The van der Waals surface area contributed by atoms with Crippen molar-refractivity contribution in [3.63, 3.8) is 0 Å². The standard InChI is InChI=1S/C17H30N2O6S.C16H29N3O6S/c1-2-8-22-10-12-24-14-15-25-13-11-23-9-7-19-26(20,21)17-5-3-16(18)4-6-17;17-5-7-22-9-11-24-13-14-25-12-10-23-8-6-19-26(20,21)16-3-1-15(18)2-4-16/h3-6,19H,2,7-15,18H2,1H3;1-4,19H,5-14,17-18H2. The summed E-state index contributed by atoms with van der Waals surface area (Å²) in [7, 11) is -7.08. The molecule has 2 rings (SSSR count). The molecule has 8 N–H and O–H groups in total. The summed E-state index contributed by atoms with van der Waals surface area (Å²) in [6, 6.07) is 12.0. The van der Waals surface area contributed by atoms with Gasteiger partial charge in [-0.15, -0.1) is 0 Å². The number of nitrogen functional groups attached to an aromatic ring is 2.